The van der Waals surface area contributed by atoms with Crippen LogP contribution in [0.5, 0.6) is 5.75 Å². The highest BCUT2D eigenvalue weighted by Gasteiger charge is 2.28. The fraction of sp³-hybridized carbons (Fsp3) is 0.0870. The fourth-order valence-electron chi connectivity index (χ4n) is 2.93. The molecule has 31 heavy (non-hydrogen) atoms. The van der Waals surface area contributed by atoms with Gasteiger partial charge in [-0.05, 0) is 67.6 Å². The van der Waals surface area contributed by atoms with Crippen LogP contribution in [-0.2, 0) is 9.84 Å². The molecule has 0 bridgehead atoms. The lowest BCUT2D eigenvalue weighted by molar-refractivity contribution is 0.340. The number of oxazole rings is 1. The van der Waals surface area contributed by atoms with Gasteiger partial charge in [0.15, 0.2) is 0 Å². The van der Waals surface area contributed by atoms with E-state index in [0.717, 1.165) is 0 Å². The molecule has 158 valence electrons. The van der Waals surface area contributed by atoms with Gasteiger partial charge in [0, 0.05) is 16.3 Å². The van der Waals surface area contributed by atoms with E-state index >= 15 is 0 Å². The number of sulfone groups is 1. The lowest BCUT2D eigenvalue weighted by Crippen LogP contribution is -2.05. The highest BCUT2D eigenvalue weighted by Crippen LogP contribution is 2.34. The maximum Gasteiger partial charge on any atom is 0.238 e. The predicted molar refractivity (Wildman–Crippen MR) is 120 cm³/mol. The van der Waals surface area contributed by atoms with Crippen LogP contribution < -0.4 is 10.1 Å². The van der Waals surface area contributed by atoms with Gasteiger partial charge in [-0.2, -0.15) is 4.98 Å². The Kier molecular flexibility index (Phi) is 5.97. The SMILES string of the molecule is CCOc1ccc(-c2nc(S(=O)(=O)c3ccccc3)c(Nc3ccc(Cl)cc3)o2)cc1. The predicted octanol–water partition coefficient (Wildman–Crippen LogP) is 5.97. The normalized spacial score (nSPS) is 11.3. The Morgan fingerprint density at radius 3 is 2.29 bits per heavy atom. The molecule has 0 atom stereocenters. The highest BCUT2D eigenvalue weighted by molar-refractivity contribution is 7.91. The summed E-state index contributed by atoms with van der Waals surface area (Å²) in [5.41, 5.74) is 1.24. The Bertz CT molecular complexity index is 1270. The number of benzene rings is 3. The minimum absolute atomic E-state index is 0.0232. The van der Waals surface area contributed by atoms with Crippen LogP contribution in [0.15, 0.2) is 93.2 Å². The molecule has 0 radical (unpaired) electrons. The summed E-state index contributed by atoms with van der Waals surface area (Å²) in [4.78, 5) is 4.46. The van der Waals surface area contributed by atoms with Crippen molar-refractivity contribution >= 4 is 33.0 Å². The maximum atomic E-state index is 13.3. The van der Waals surface area contributed by atoms with Gasteiger partial charge >= 0.3 is 0 Å². The first-order valence-corrected chi connectivity index (χ1v) is 11.4. The van der Waals surface area contributed by atoms with Crippen molar-refractivity contribution in [1.82, 2.24) is 4.98 Å². The Morgan fingerprint density at radius 2 is 1.65 bits per heavy atom. The first-order chi connectivity index (χ1) is 15.0. The summed E-state index contributed by atoms with van der Waals surface area (Å²) in [7, 11) is -3.92. The summed E-state index contributed by atoms with van der Waals surface area (Å²) in [5, 5.41) is 3.37. The summed E-state index contributed by atoms with van der Waals surface area (Å²) in [5.74, 6) is 0.901. The van der Waals surface area contributed by atoms with Crippen molar-refractivity contribution in [2.24, 2.45) is 0 Å². The lowest BCUT2D eigenvalue weighted by atomic mass is 10.2. The molecule has 0 aliphatic rings. The summed E-state index contributed by atoms with van der Waals surface area (Å²) in [6, 6.07) is 22.0. The van der Waals surface area contributed by atoms with Crippen molar-refractivity contribution in [3.63, 3.8) is 0 Å². The summed E-state index contributed by atoms with van der Waals surface area (Å²) in [6.45, 7) is 2.45. The van der Waals surface area contributed by atoms with Gasteiger partial charge in [-0.15, -0.1) is 0 Å². The number of nitrogens with zero attached hydrogens (tertiary/aromatic N) is 1. The zero-order chi connectivity index (χ0) is 21.8. The molecule has 0 aliphatic heterocycles. The quantitative estimate of drug-likeness (QED) is 0.370. The third-order valence-electron chi connectivity index (χ3n) is 4.42. The number of halogens is 1. The van der Waals surface area contributed by atoms with Crippen LogP contribution >= 0.6 is 11.6 Å². The summed E-state index contributed by atoms with van der Waals surface area (Å²) in [6.07, 6.45) is 0. The Hall–Kier alpha value is -3.29. The molecule has 0 saturated carbocycles. The molecule has 1 aromatic heterocycles. The molecule has 4 aromatic rings. The molecule has 0 unspecified atom stereocenters. The van der Waals surface area contributed by atoms with E-state index in [9.17, 15) is 8.42 Å². The molecular formula is C23H19ClN2O4S. The molecule has 0 amide bonds. The minimum Gasteiger partial charge on any atom is -0.494 e. The second-order valence-corrected chi connectivity index (χ2v) is 8.86. The van der Waals surface area contributed by atoms with Crippen LogP contribution in [-0.4, -0.2) is 20.0 Å². The largest absolute Gasteiger partial charge is 0.494 e. The van der Waals surface area contributed by atoms with E-state index in [4.69, 9.17) is 20.8 Å². The number of hydrogen-bond acceptors (Lipinski definition) is 6. The Morgan fingerprint density at radius 1 is 0.968 bits per heavy atom. The Balaban J connectivity index is 1.79. The second-order valence-electron chi connectivity index (χ2n) is 6.56. The van der Waals surface area contributed by atoms with Gasteiger partial charge in [-0.25, -0.2) is 8.42 Å². The number of nitrogens with one attached hydrogen (secondary N) is 1. The van der Waals surface area contributed by atoms with Crippen molar-refractivity contribution < 1.29 is 17.6 Å². The van der Waals surface area contributed by atoms with E-state index in [-0.39, 0.29) is 21.7 Å². The molecule has 4 rings (SSSR count). The van der Waals surface area contributed by atoms with Crippen molar-refractivity contribution in [2.75, 3.05) is 11.9 Å². The van der Waals surface area contributed by atoms with Crippen LogP contribution in [0.4, 0.5) is 11.6 Å². The highest BCUT2D eigenvalue weighted by atomic mass is 35.5. The number of rotatable bonds is 7. The van der Waals surface area contributed by atoms with E-state index in [1.165, 1.54) is 12.1 Å². The van der Waals surface area contributed by atoms with Crippen LogP contribution in [0.2, 0.25) is 5.02 Å². The molecular weight excluding hydrogens is 436 g/mol. The van der Waals surface area contributed by atoms with E-state index in [1.54, 1.807) is 66.7 Å². The standard InChI is InChI=1S/C23H19ClN2O4S/c1-2-29-19-14-8-16(9-15-19)21-26-23(31(27,28)20-6-4-3-5-7-20)22(30-21)25-18-12-10-17(24)11-13-18/h3-15,25H,2H2,1H3. The molecule has 0 aliphatic carbocycles. The van der Waals surface area contributed by atoms with Crippen molar-refractivity contribution in [1.29, 1.82) is 0 Å². The topological polar surface area (TPSA) is 81.4 Å². The zero-order valence-corrected chi connectivity index (χ0v) is 18.2. The average molecular weight is 455 g/mol. The minimum atomic E-state index is -3.92. The van der Waals surface area contributed by atoms with E-state index in [2.05, 4.69) is 10.3 Å². The van der Waals surface area contributed by atoms with Gasteiger partial charge in [-0.1, -0.05) is 29.8 Å². The van der Waals surface area contributed by atoms with Crippen LogP contribution in [0.25, 0.3) is 11.5 Å². The van der Waals surface area contributed by atoms with Crippen molar-refractivity contribution in [3.05, 3.63) is 83.9 Å². The van der Waals surface area contributed by atoms with Gasteiger partial charge in [0.05, 0.1) is 11.5 Å². The number of aromatic nitrogens is 1. The molecule has 3 aromatic carbocycles. The van der Waals surface area contributed by atoms with Crippen LogP contribution in [0, 0.1) is 0 Å². The van der Waals surface area contributed by atoms with E-state index < -0.39 is 9.84 Å². The third kappa shape index (κ3) is 4.57. The first kappa shape index (κ1) is 21.0. The molecule has 1 heterocycles. The monoisotopic (exact) mass is 454 g/mol. The van der Waals surface area contributed by atoms with Gasteiger partial charge in [0.1, 0.15) is 5.75 Å². The van der Waals surface area contributed by atoms with Crippen molar-refractivity contribution in [3.8, 4) is 17.2 Å². The van der Waals surface area contributed by atoms with E-state index in [0.29, 0.717) is 28.6 Å². The molecule has 0 saturated heterocycles. The molecule has 6 nitrogen and oxygen atoms in total. The third-order valence-corrected chi connectivity index (χ3v) is 6.35. The maximum absolute atomic E-state index is 13.3. The first-order valence-electron chi connectivity index (χ1n) is 9.54. The number of ether oxygens (including phenoxy) is 1. The lowest BCUT2D eigenvalue weighted by Gasteiger charge is -2.06. The van der Waals surface area contributed by atoms with E-state index in [1.807, 2.05) is 6.92 Å². The second kappa shape index (κ2) is 8.83. The molecule has 8 heteroatoms. The number of anilines is 2. The van der Waals surface area contributed by atoms with Crippen molar-refractivity contribution in [2.45, 2.75) is 16.8 Å². The van der Waals surface area contributed by atoms with Gasteiger partial charge < -0.3 is 14.5 Å². The van der Waals surface area contributed by atoms with Gasteiger partial charge in [0.25, 0.3) is 0 Å². The van der Waals surface area contributed by atoms with Crippen LogP contribution in [0.3, 0.4) is 0 Å². The zero-order valence-electron chi connectivity index (χ0n) is 16.6. The summed E-state index contributed by atoms with van der Waals surface area (Å²) >= 11 is 5.95. The smallest absolute Gasteiger partial charge is 0.238 e. The Labute approximate surface area is 185 Å². The van der Waals surface area contributed by atoms with Crippen LogP contribution in [0.1, 0.15) is 6.92 Å². The van der Waals surface area contributed by atoms with Gasteiger partial charge in [-0.3, -0.25) is 0 Å². The van der Waals surface area contributed by atoms with Gasteiger partial charge in [0.2, 0.25) is 26.6 Å². The molecule has 1 N–H and O–H groups in total. The number of hydrogen-bond donors (Lipinski definition) is 1. The molecule has 0 fully saturated rings. The summed E-state index contributed by atoms with van der Waals surface area (Å²) < 4.78 is 37.9. The molecule has 0 spiro atoms. The average Bonchev–Trinajstić information content (AvgIpc) is 3.21. The fourth-order valence-corrected chi connectivity index (χ4v) is 4.33.